The van der Waals surface area contributed by atoms with Crippen LogP contribution in [0.4, 0.5) is 5.69 Å². The lowest BCUT2D eigenvalue weighted by Gasteiger charge is -2.08. The van der Waals surface area contributed by atoms with Crippen molar-refractivity contribution < 1.29 is 9.59 Å². The Morgan fingerprint density at radius 1 is 1.19 bits per heavy atom. The molecule has 0 aromatic heterocycles. The van der Waals surface area contributed by atoms with Gasteiger partial charge in [-0.1, -0.05) is 12.1 Å². The number of hydrogen-bond acceptors (Lipinski definition) is 2. The maximum absolute atomic E-state index is 11.4. The monoisotopic (exact) mass is 220 g/mol. The fourth-order valence-corrected chi connectivity index (χ4v) is 1.29. The molecular weight excluding hydrogens is 204 g/mol. The molecule has 4 heteroatoms. The summed E-state index contributed by atoms with van der Waals surface area (Å²) in [6.45, 7) is 6.02. The van der Waals surface area contributed by atoms with E-state index in [9.17, 15) is 9.59 Å². The molecule has 2 amide bonds. The molecule has 0 radical (unpaired) electrons. The van der Waals surface area contributed by atoms with Gasteiger partial charge in [-0.3, -0.25) is 9.59 Å². The third-order valence-corrected chi connectivity index (χ3v) is 2.18. The maximum atomic E-state index is 11.4. The van der Waals surface area contributed by atoms with Crippen molar-refractivity contribution in [2.45, 2.75) is 20.8 Å². The Balaban J connectivity index is 2.76. The van der Waals surface area contributed by atoms with Crippen molar-refractivity contribution in [3.63, 3.8) is 0 Å². The number of benzene rings is 1. The van der Waals surface area contributed by atoms with Crippen molar-refractivity contribution in [1.82, 2.24) is 5.32 Å². The molecule has 0 spiro atoms. The SMILES string of the molecule is CCNC(=O)C(=O)Nc1cc(C)ccc1C. The lowest BCUT2D eigenvalue weighted by Crippen LogP contribution is -2.35. The fraction of sp³-hybridized carbons (Fsp3) is 0.333. The van der Waals surface area contributed by atoms with Gasteiger partial charge in [-0.05, 0) is 38.0 Å². The predicted molar refractivity (Wildman–Crippen MR) is 63.2 cm³/mol. The first kappa shape index (κ1) is 12.2. The van der Waals surface area contributed by atoms with Crippen molar-refractivity contribution in [3.8, 4) is 0 Å². The smallest absolute Gasteiger partial charge is 0.313 e. The molecule has 4 nitrogen and oxygen atoms in total. The van der Waals surface area contributed by atoms with E-state index < -0.39 is 11.8 Å². The van der Waals surface area contributed by atoms with Crippen molar-refractivity contribution in [2.24, 2.45) is 0 Å². The minimum absolute atomic E-state index is 0.444. The zero-order valence-corrected chi connectivity index (χ0v) is 9.76. The maximum Gasteiger partial charge on any atom is 0.313 e. The normalized spacial score (nSPS) is 9.69. The van der Waals surface area contributed by atoms with Gasteiger partial charge in [0.15, 0.2) is 0 Å². The average Bonchev–Trinajstić information content (AvgIpc) is 2.23. The minimum atomic E-state index is -0.629. The Bertz CT molecular complexity index is 413. The third kappa shape index (κ3) is 3.08. The molecule has 0 atom stereocenters. The number of carbonyl (C=O) groups excluding carboxylic acids is 2. The van der Waals surface area contributed by atoms with Gasteiger partial charge in [-0.15, -0.1) is 0 Å². The molecule has 1 aromatic carbocycles. The van der Waals surface area contributed by atoms with Crippen LogP contribution in [0, 0.1) is 13.8 Å². The standard InChI is InChI=1S/C12H16N2O2/c1-4-13-11(15)12(16)14-10-7-8(2)5-6-9(10)3/h5-7H,4H2,1-3H3,(H,13,15)(H,14,16). The highest BCUT2D eigenvalue weighted by molar-refractivity contribution is 6.39. The van der Waals surface area contributed by atoms with Crippen LogP contribution in [-0.2, 0) is 9.59 Å². The van der Waals surface area contributed by atoms with Gasteiger partial charge in [-0.25, -0.2) is 0 Å². The number of anilines is 1. The van der Waals surface area contributed by atoms with Gasteiger partial charge in [0.05, 0.1) is 0 Å². The summed E-state index contributed by atoms with van der Waals surface area (Å²) in [4.78, 5) is 22.7. The van der Waals surface area contributed by atoms with Crippen LogP contribution in [0.1, 0.15) is 18.1 Å². The second-order valence-corrected chi connectivity index (χ2v) is 3.63. The summed E-state index contributed by atoms with van der Waals surface area (Å²) in [5.41, 5.74) is 2.65. The summed E-state index contributed by atoms with van der Waals surface area (Å²) in [6, 6.07) is 5.70. The molecule has 16 heavy (non-hydrogen) atoms. The van der Waals surface area contributed by atoms with Crippen LogP contribution in [0.5, 0.6) is 0 Å². The van der Waals surface area contributed by atoms with E-state index in [1.54, 1.807) is 6.92 Å². The summed E-state index contributed by atoms with van der Waals surface area (Å²) in [6.07, 6.45) is 0. The first-order valence-corrected chi connectivity index (χ1v) is 5.21. The number of rotatable bonds is 2. The Hall–Kier alpha value is -1.84. The lowest BCUT2D eigenvalue weighted by molar-refractivity contribution is -0.136. The molecular formula is C12H16N2O2. The zero-order valence-electron chi connectivity index (χ0n) is 9.76. The largest absolute Gasteiger partial charge is 0.348 e. The third-order valence-electron chi connectivity index (χ3n) is 2.18. The molecule has 0 unspecified atom stereocenters. The van der Waals surface area contributed by atoms with Gasteiger partial charge in [-0.2, -0.15) is 0 Å². The van der Waals surface area contributed by atoms with E-state index in [0.29, 0.717) is 12.2 Å². The van der Waals surface area contributed by atoms with Gasteiger partial charge in [0.25, 0.3) is 0 Å². The highest BCUT2D eigenvalue weighted by Gasteiger charge is 2.13. The van der Waals surface area contributed by atoms with Crippen LogP contribution in [0.15, 0.2) is 18.2 Å². The van der Waals surface area contributed by atoms with Crippen LogP contribution < -0.4 is 10.6 Å². The number of likely N-dealkylation sites (N-methyl/N-ethyl adjacent to an activating group) is 1. The first-order valence-electron chi connectivity index (χ1n) is 5.21. The van der Waals surface area contributed by atoms with Crippen LogP contribution in [0.3, 0.4) is 0 Å². The molecule has 0 saturated carbocycles. The van der Waals surface area contributed by atoms with E-state index in [-0.39, 0.29) is 0 Å². The number of aryl methyl sites for hydroxylation is 2. The fourth-order valence-electron chi connectivity index (χ4n) is 1.29. The Labute approximate surface area is 95.0 Å². The van der Waals surface area contributed by atoms with Crippen LogP contribution in [0.25, 0.3) is 0 Å². The number of carbonyl (C=O) groups is 2. The van der Waals surface area contributed by atoms with E-state index in [2.05, 4.69) is 10.6 Å². The quantitative estimate of drug-likeness (QED) is 0.740. The van der Waals surface area contributed by atoms with E-state index >= 15 is 0 Å². The molecule has 0 fully saturated rings. The summed E-state index contributed by atoms with van der Waals surface area (Å²) in [5.74, 6) is -1.24. The molecule has 2 N–H and O–H groups in total. The highest BCUT2D eigenvalue weighted by Crippen LogP contribution is 2.15. The van der Waals surface area contributed by atoms with E-state index in [1.165, 1.54) is 0 Å². The second kappa shape index (κ2) is 5.30. The highest BCUT2D eigenvalue weighted by atomic mass is 16.2. The molecule has 0 saturated heterocycles. The van der Waals surface area contributed by atoms with Crippen molar-refractivity contribution >= 4 is 17.5 Å². The molecule has 1 rings (SSSR count). The summed E-state index contributed by atoms with van der Waals surface area (Å²) in [7, 11) is 0. The van der Waals surface area contributed by atoms with Crippen molar-refractivity contribution in [1.29, 1.82) is 0 Å². The topological polar surface area (TPSA) is 58.2 Å². The van der Waals surface area contributed by atoms with E-state index in [1.807, 2.05) is 32.0 Å². The second-order valence-electron chi connectivity index (χ2n) is 3.63. The molecule has 0 aliphatic carbocycles. The molecule has 0 heterocycles. The summed E-state index contributed by atoms with van der Waals surface area (Å²) in [5, 5.41) is 5.03. The van der Waals surface area contributed by atoms with Gasteiger partial charge in [0.1, 0.15) is 0 Å². The van der Waals surface area contributed by atoms with Gasteiger partial charge in [0, 0.05) is 12.2 Å². The predicted octanol–water partition coefficient (Wildman–Crippen LogP) is 1.38. The Kier molecular flexibility index (Phi) is 4.05. The molecule has 0 aliphatic heterocycles. The lowest BCUT2D eigenvalue weighted by atomic mass is 10.1. The zero-order chi connectivity index (χ0) is 12.1. The summed E-state index contributed by atoms with van der Waals surface area (Å²) >= 11 is 0. The van der Waals surface area contributed by atoms with Crippen LogP contribution in [-0.4, -0.2) is 18.4 Å². The van der Waals surface area contributed by atoms with Gasteiger partial charge in [0.2, 0.25) is 0 Å². The first-order chi connectivity index (χ1) is 7.54. The Morgan fingerprint density at radius 2 is 1.88 bits per heavy atom. The van der Waals surface area contributed by atoms with E-state index in [4.69, 9.17) is 0 Å². The number of nitrogens with one attached hydrogen (secondary N) is 2. The van der Waals surface area contributed by atoms with Crippen LogP contribution >= 0.6 is 0 Å². The number of hydrogen-bond donors (Lipinski definition) is 2. The molecule has 86 valence electrons. The summed E-state index contributed by atoms with van der Waals surface area (Å²) < 4.78 is 0. The van der Waals surface area contributed by atoms with E-state index in [0.717, 1.165) is 11.1 Å². The minimum Gasteiger partial charge on any atom is -0.348 e. The number of amides is 2. The molecule has 0 aliphatic rings. The Morgan fingerprint density at radius 3 is 2.50 bits per heavy atom. The van der Waals surface area contributed by atoms with Crippen molar-refractivity contribution in [2.75, 3.05) is 11.9 Å². The van der Waals surface area contributed by atoms with Crippen molar-refractivity contribution in [3.05, 3.63) is 29.3 Å². The van der Waals surface area contributed by atoms with Crippen LogP contribution in [0.2, 0.25) is 0 Å². The average molecular weight is 220 g/mol. The molecule has 0 bridgehead atoms. The molecule has 1 aromatic rings. The van der Waals surface area contributed by atoms with Gasteiger partial charge < -0.3 is 10.6 Å². The van der Waals surface area contributed by atoms with Gasteiger partial charge >= 0.3 is 11.8 Å².